The predicted octanol–water partition coefficient (Wildman–Crippen LogP) is 3.07. The highest BCUT2D eigenvalue weighted by Gasteiger charge is 2.39. The Hall–Kier alpha value is 0.0500. The van der Waals surface area contributed by atoms with Crippen molar-refractivity contribution in [2.75, 3.05) is 19.6 Å². The number of piperidine rings is 1. The molecule has 2 atom stereocenters. The molecule has 118 valence electrons. The normalized spacial score (nSPS) is 28.5. The van der Waals surface area contributed by atoms with Crippen LogP contribution in [0.3, 0.4) is 0 Å². The van der Waals surface area contributed by atoms with Crippen LogP contribution in [-0.2, 0) is 10.0 Å². The number of hydrogen-bond donors (Lipinski definition) is 0. The van der Waals surface area contributed by atoms with Crippen LogP contribution >= 0.6 is 27.3 Å². The summed E-state index contributed by atoms with van der Waals surface area (Å²) >= 11 is 4.75. The fourth-order valence-electron chi connectivity index (χ4n) is 3.33. The van der Waals surface area contributed by atoms with Gasteiger partial charge in [0.25, 0.3) is 10.0 Å². The van der Waals surface area contributed by atoms with Gasteiger partial charge in [-0.2, -0.15) is 4.31 Å². The van der Waals surface area contributed by atoms with E-state index < -0.39 is 10.0 Å². The molecule has 2 saturated heterocycles. The molecule has 0 bridgehead atoms. The first-order valence-electron chi connectivity index (χ1n) is 7.41. The second-order valence-corrected chi connectivity index (χ2v) is 10.6. The van der Waals surface area contributed by atoms with E-state index in [9.17, 15) is 8.42 Å². The summed E-state index contributed by atoms with van der Waals surface area (Å²) in [6, 6.07) is 2.23. The van der Waals surface area contributed by atoms with Crippen molar-refractivity contribution in [3.8, 4) is 0 Å². The molecule has 1 aromatic heterocycles. The van der Waals surface area contributed by atoms with E-state index in [-0.39, 0.29) is 6.04 Å². The molecule has 1 aromatic rings. The van der Waals surface area contributed by atoms with Crippen LogP contribution in [0.4, 0.5) is 0 Å². The molecule has 0 N–H and O–H groups in total. The van der Waals surface area contributed by atoms with E-state index in [4.69, 9.17) is 0 Å². The molecule has 0 saturated carbocycles. The van der Waals surface area contributed by atoms with Crippen LogP contribution in [0.1, 0.15) is 31.7 Å². The topological polar surface area (TPSA) is 40.6 Å². The van der Waals surface area contributed by atoms with Crippen LogP contribution in [0.5, 0.6) is 0 Å². The van der Waals surface area contributed by atoms with Gasteiger partial charge in [0, 0.05) is 25.2 Å². The Labute approximate surface area is 139 Å². The van der Waals surface area contributed by atoms with Crippen molar-refractivity contribution in [3.63, 3.8) is 0 Å². The zero-order chi connectivity index (χ0) is 15.2. The highest BCUT2D eigenvalue weighted by molar-refractivity contribution is 9.11. The van der Waals surface area contributed by atoms with E-state index in [2.05, 4.69) is 20.8 Å². The lowest BCUT2D eigenvalue weighted by Crippen LogP contribution is -2.59. The number of fused-ring (bicyclic) bond motifs is 1. The molecule has 2 aliphatic rings. The standard InChI is InChI=1S/C14H21BrN2O2S2/c1-10-7-13(20-14(10)15)21(18,19)17-9-12-5-3-4-6-16(12)8-11(17)2/h7,11-12H,3-6,8-9H2,1-2H3. The maximum atomic E-state index is 12.9. The second-order valence-electron chi connectivity index (χ2n) is 6.09. The van der Waals surface area contributed by atoms with Crippen molar-refractivity contribution in [1.29, 1.82) is 0 Å². The van der Waals surface area contributed by atoms with Crippen LogP contribution in [-0.4, -0.2) is 49.3 Å². The van der Waals surface area contributed by atoms with Gasteiger partial charge in [0.1, 0.15) is 4.21 Å². The van der Waals surface area contributed by atoms with Gasteiger partial charge in [-0.25, -0.2) is 8.42 Å². The molecule has 7 heteroatoms. The molecule has 4 nitrogen and oxygen atoms in total. The summed E-state index contributed by atoms with van der Waals surface area (Å²) in [5, 5.41) is 0. The number of aryl methyl sites for hydroxylation is 1. The molecule has 0 amide bonds. The number of thiophene rings is 1. The number of rotatable bonds is 2. The van der Waals surface area contributed by atoms with Crippen molar-refractivity contribution in [3.05, 3.63) is 15.4 Å². The van der Waals surface area contributed by atoms with E-state index >= 15 is 0 Å². The van der Waals surface area contributed by atoms with Crippen molar-refractivity contribution in [2.24, 2.45) is 0 Å². The minimum atomic E-state index is -3.37. The van der Waals surface area contributed by atoms with Gasteiger partial charge in [-0.1, -0.05) is 6.42 Å². The number of nitrogens with zero attached hydrogens (tertiary/aromatic N) is 2. The lowest BCUT2D eigenvalue weighted by molar-refractivity contribution is 0.0565. The Morgan fingerprint density at radius 3 is 2.76 bits per heavy atom. The Kier molecular flexibility index (Phi) is 4.49. The Morgan fingerprint density at radius 2 is 2.10 bits per heavy atom. The molecule has 2 fully saturated rings. The molecular formula is C14H21BrN2O2S2. The lowest BCUT2D eigenvalue weighted by atomic mass is 9.99. The number of sulfonamides is 1. The van der Waals surface area contributed by atoms with E-state index in [1.165, 1.54) is 24.2 Å². The van der Waals surface area contributed by atoms with Crippen molar-refractivity contribution in [1.82, 2.24) is 9.21 Å². The quantitative estimate of drug-likeness (QED) is 0.776. The summed E-state index contributed by atoms with van der Waals surface area (Å²) < 4.78 is 29.0. The van der Waals surface area contributed by atoms with Crippen LogP contribution in [0, 0.1) is 6.92 Å². The molecule has 3 rings (SSSR count). The van der Waals surface area contributed by atoms with Crippen LogP contribution in [0.2, 0.25) is 0 Å². The van der Waals surface area contributed by atoms with Crippen LogP contribution in [0.15, 0.2) is 14.1 Å². The van der Waals surface area contributed by atoms with Gasteiger partial charge in [-0.3, -0.25) is 4.90 Å². The third-order valence-electron chi connectivity index (χ3n) is 4.53. The molecule has 0 aliphatic carbocycles. The Morgan fingerprint density at radius 1 is 1.33 bits per heavy atom. The van der Waals surface area contributed by atoms with Gasteiger partial charge in [0.05, 0.1) is 3.79 Å². The first kappa shape index (κ1) is 15.9. The van der Waals surface area contributed by atoms with Crippen molar-refractivity contribution >= 4 is 37.3 Å². The van der Waals surface area contributed by atoms with Gasteiger partial charge in [0.15, 0.2) is 0 Å². The van der Waals surface area contributed by atoms with E-state index in [0.717, 1.165) is 28.9 Å². The molecule has 3 heterocycles. The summed E-state index contributed by atoms with van der Waals surface area (Å²) in [4.78, 5) is 2.47. The second kappa shape index (κ2) is 5.92. The zero-order valence-electron chi connectivity index (χ0n) is 12.4. The summed E-state index contributed by atoms with van der Waals surface area (Å²) in [5.74, 6) is 0. The summed E-state index contributed by atoms with van der Waals surface area (Å²) in [5.41, 5.74) is 0.988. The Balaban J connectivity index is 1.87. The molecule has 2 aliphatic heterocycles. The first-order valence-corrected chi connectivity index (χ1v) is 10.5. The van der Waals surface area contributed by atoms with Crippen LogP contribution in [0.25, 0.3) is 0 Å². The Bertz CT molecular complexity index is 609. The maximum Gasteiger partial charge on any atom is 0.252 e. The SMILES string of the molecule is Cc1cc(S(=O)(=O)N2CC3CCCCN3CC2C)sc1Br. The fourth-order valence-corrected chi connectivity index (χ4v) is 7.35. The molecule has 0 radical (unpaired) electrons. The van der Waals surface area contributed by atoms with E-state index in [1.807, 2.05) is 13.8 Å². The third-order valence-corrected chi connectivity index (χ3v) is 9.09. The molecule has 0 spiro atoms. The average Bonchev–Trinajstić information content (AvgIpc) is 2.78. The third kappa shape index (κ3) is 2.95. The number of halogens is 1. The van der Waals surface area contributed by atoms with Crippen molar-refractivity contribution in [2.45, 2.75) is 49.4 Å². The minimum Gasteiger partial charge on any atom is -0.297 e. The monoisotopic (exact) mass is 392 g/mol. The molecule has 0 aromatic carbocycles. The minimum absolute atomic E-state index is 0.0468. The van der Waals surface area contributed by atoms with Gasteiger partial charge >= 0.3 is 0 Å². The van der Waals surface area contributed by atoms with E-state index in [1.54, 1.807) is 10.4 Å². The van der Waals surface area contributed by atoms with Gasteiger partial charge in [0.2, 0.25) is 0 Å². The lowest BCUT2D eigenvalue weighted by Gasteiger charge is -2.46. The molecule has 21 heavy (non-hydrogen) atoms. The van der Waals surface area contributed by atoms with Crippen molar-refractivity contribution < 1.29 is 8.42 Å². The van der Waals surface area contributed by atoms with Gasteiger partial charge in [-0.05, 0) is 60.8 Å². The smallest absolute Gasteiger partial charge is 0.252 e. The summed E-state index contributed by atoms with van der Waals surface area (Å²) in [6.45, 7) is 6.57. The summed E-state index contributed by atoms with van der Waals surface area (Å²) in [6.07, 6.45) is 3.58. The average molecular weight is 393 g/mol. The largest absolute Gasteiger partial charge is 0.297 e. The molecule has 2 unspecified atom stereocenters. The highest BCUT2D eigenvalue weighted by atomic mass is 79.9. The molecular weight excluding hydrogens is 372 g/mol. The van der Waals surface area contributed by atoms with Gasteiger partial charge < -0.3 is 0 Å². The van der Waals surface area contributed by atoms with Gasteiger partial charge in [-0.15, -0.1) is 11.3 Å². The highest BCUT2D eigenvalue weighted by Crippen LogP contribution is 2.35. The number of hydrogen-bond acceptors (Lipinski definition) is 4. The first-order chi connectivity index (χ1) is 9.89. The maximum absolute atomic E-state index is 12.9. The summed E-state index contributed by atoms with van der Waals surface area (Å²) in [7, 11) is -3.37. The zero-order valence-corrected chi connectivity index (χ0v) is 15.6. The predicted molar refractivity (Wildman–Crippen MR) is 89.3 cm³/mol. The number of piperazine rings is 1. The fraction of sp³-hybridized carbons (Fsp3) is 0.714. The van der Waals surface area contributed by atoms with Crippen LogP contribution < -0.4 is 0 Å². The van der Waals surface area contributed by atoms with E-state index in [0.29, 0.717) is 16.8 Å².